The molecule has 1 N–H and O–H groups in total. The zero-order chi connectivity index (χ0) is 15.3. The van der Waals surface area contributed by atoms with E-state index in [1.54, 1.807) is 0 Å². The van der Waals surface area contributed by atoms with Gasteiger partial charge in [-0.15, -0.1) is 0 Å². The van der Waals surface area contributed by atoms with Gasteiger partial charge < -0.3 is 14.6 Å². The molecule has 0 saturated carbocycles. The topological polar surface area (TPSA) is 38.7 Å². The Bertz CT molecular complexity index is 291. The number of aliphatic hydroxyl groups is 1. The SMILES string of the molecule is C=C(C)C(O)OC(CC)C(F)(F)COCC(F)(F)F. The number of halogens is 5. The Kier molecular flexibility index (Phi) is 6.88. The first-order valence-electron chi connectivity index (χ1n) is 5.51. The van der Waals surface area contributed by atoms with Gasteiger partial charge in [-0.2, -0.15) is 13.2 Å². The highest BCUT2D eigenvalue weighted by Gasteiger charge is 2.42. The predicted octanol–water partition coefficient (Wildman–Crippen LogP) is 2.89. The molecule has 0 saturated heterocycles. The van der Waals surface area contributed by atoms with Crippen LogP contribution in [0.25, 0.3) is 0 Å². The molecule has 0 aromatic rings. The summed E-state index contributed by atoms with van der Waals surface area (Å²) in [6.45, 7) is 2.85. The van der Waals surface area contributed by atoms with Crippen LogP contribution in [0.2, 0.25) is 0 Å². The first-order valence-corrected chi connectivity index (χ1v) is 5.51. The number of alkyl halides is 5. The lowest BCUT2D eigenvalue weighted by atomic mass is 10.1. The summed E-state index contributed by atoms with van der Waals surface area (Å²) < 4.78 is 71.0. The van der Waals surface area contributed by atoms with Crippen molar-refractivity contribution in [3.05, 3.63) is 12.2 Å². The molecule has 0 amide bonds. The molecule has 0 aromatic carbocycles. The van der Waals surface area contributed by atoms with Crippen molar-refractivity contribution in [2.75, 3.05) is 13.2 Å². The van der Waals surface area contributed by atoms with Crippen LogP contribution in [0.3, 0.4) is 0 Å². The average molecular weight is 292 g/mol. The Morgan fingerprint density at radius 1 is 1.21 bits per heavy atom. The molecule has 0 aliphatic rings. The van der Waals surface area contributed by atoms with Gasteiger partial charge in [-0.05, 0) is 18.9 Å². The number of rotatable bonds is 8. The van der Waals surface area contributed by atoms with E-state index in [4.69, 9.17) is 0 Å². The minimum Gasteiger partial charge on any atom is -0.366 e. The molecule has 8 heteroatoms. The van der Waals surface area contributed by atoms with Crippen molar-refractivity contribution in [1.82, 2.24) is 0 Å². The van der Waals surface area contributed by atoms with E-state index in [2.05, 4.69) is 16.1 Å². The molecule has 19 heavy (non-hydrogen) atoms. The lowest BCUT2D eigenvalue weighted by Crippen LogP contribution is -2.42. The van der Waals surface area contributed by atoms with Crippen LogP contribution in [-0.4, -0.2) is 42.8 Å². The van der Waals surface area contributed by atoms with Crippen LogP contribution in [0, 0.1) is 0 Å². The normalized spacial score (nSPS) is 16.2. The Labute approximate surface area is 108 Å². The fourth-order valence-electron chi connectivity index (χ4n) is 1.16. The maximum atomic E-state index is 13.5. The maximum Gasteiger partial charge on any atom is 0.411 e. The molecule has 114 valence electrons. The third kappa shape index (κ3) is 7.44. The lowest BCUT2D eigenvalue weighted by molar-refractivity contribution is -0.234. The number of aliphatic hydroxyl groups excluding tert-OH is 1. The van der Waals surface area contributed by atoms with E-state index in [-0.39, 0.29) is 12.0 Å². The number of hydrogen-bond acceptors (Lipinski definition) is 3. The molecule has 0 heterocycles. The molecule has 2 atom stereocenters. The van der Waals surface area contributed by atoms with Gasteiger partial charge in [0, 0.05) is 0 Å². The van der Waals surface area contributed by atoms with Crippen LogP contribution >= 0.6 is 0 Å². The summed E-state index contributed by atoms with van der Waals surface area (Å²) in [5.41, 5.74) is 0.116. The molecule has 0 rings (SSSR count). The van der Waals surface area contributed by atoms with Crippen LogP contribution in [0.1, 0.15) is 20.3 Å². The lowest BCUT2D eigenvalue weighted by Gasteiger charge is -2.28. The molecule has 0 aliphatic carbocycles. The monoisotopic (exact) mass is 292 g/mol. The summed E-state index contributed by atoms with van der Waals surface area (Å²) in [7, 11) is 0. The van der Waals surface area contributed by atoms with Crippen molar-refractivity contribution in [1.29, 1.82) is 0 Å². The standard InChI is InChI=1S/C11H17F5O3/c1-4-8(19-9(17)7(2)3)10(12,13)5-18-6-11(14,15)16/h8-9,17H,2,4-6H2,1,3H3. The van der Waals surface area contributed by atoms with E-state index in [0.717, 1.165) is 0 Å². The molecule has 0 radical (unpaired) electrons. The fourth-order valence-corrected chi connectivity index (χ4v) is 1.16. The molecule has 0 bridgehead atoms. The third-order valence-corrected chi connectivity index (χ3v) is 2.12. The van der Waals surface area contributed by atoms with Crippen LogP contribution < -0.4 is 0 Å². The summed E-state index contributed by atoms with van der Waals surface area (Å²) in [5, 5.41) is 9.27. The van der Waals surface area contributed by atoms with Crippen LogP contribution in [0.4, 0.5) is 22.0 Å². The molecular formula is C11H17F5O3. The van der Waals surface area contributed by atoms with E-state index >= 15 is 0 Å². The summed E-state index contributed by atoms with van der Waals surface area (Å²) in [5.74, 6) is -3.64. The van der Waals surface area contributed by atoms with Crippen molar-refractivity contribution in [2.24, 2.45) is 0 Å². The van der Waals surface area contributed by atoms with Crippen molar-refractivity contribution in [3.8, 4) is 0 Å². The Hall–Kier alpha value is -0.730. The summed E-state index contributed by atoms with van der Waals surface area (Å²) in [6.07, 6.45) is -8.23. The molecule has 0 aromatic heterocycles. The first-order chi connectivity index (χ1) is 8.49. The van der Waals surface area contributed by atoms with Crippen molar-refractivity contribution in [2.45, 2.75) is 44.8 Å². The minimum atomic E-state index is -4.67. The van der Waals surface area contributed by atoms with Crippen LogP contribution in [-0.2, 0) is 9.47 Å². The van der Waals surface area contributed by atoms with E-state index in [1.807, 2.05) is 0 Å². The number of ether oxygens (including phenoxy) is 2. The summed E-state index contributed by atoms with van der Waals surface area (Å²) in [4.78, 5) is 0. The molecular weight excluding hydrogens is 275 g/mol. The zero-order valence-electron chi connectivity index (χ0n) is 10.6. The van der Waals surface area contributed by atoms with Gasteiger partial charge in [-0.25, -0.2) is 8.78 Å². The second-order valence-electron chi connectivity index (χ2n) is 4.10. The third-order valence-electron chi connectivity index (χ3n) is 2.12. The van der Waals surface area contributed by atoms with E-state index in [9.17, 15) is 27.1 Å². The van der Waals surface area contributed by atoms with Crippen molar-refractivity contribution in [3.63, 3.8) is 0 Å². The molecule has 2 unspecified atom stereocenters. The van der Waals surface area contributed by atoms with Gasteiger partial charge in [0.2, 0.25) is 0 Å². The van der Waals surface area contributed by atoms with Gasteiger partial charge in [0.1, 0.15) is 19.3 Å². The van der Waals surface area contributed by atoms with Gasteiger partial charge in [-0.3, -0.25) is 0 Å². The number of hydrogen-bond donors (Lipinski definition) is 1. The summed E-state index contributed by atoms with van der Waals surface area (Å²) >= 11 is 0. The zero-order valence-corrected chi connectivity index (χ0v) is 10.6. The quantitative estimate of drug-likeness (QED) is 0.425. The Balaban J connectivity index is 4.44. The smallest absolute Gasteiger partial charge is 0.366 e. The summed E-state index contributed by atoms with van der Waals surface area (Å²) in [6, 6.07) is 0. The largest absolute Gasteiger partial charge is 0.411 e. The average Bonchev–Trinajstić information content (AvgIpc) is 2.22. The highest BCUT2D eigenvalue weighted by atomic mass is 19.4. The second-order valence-corrected chi connectivity index (χ2v) is 4.10. The molecule has 0 aliphatic heterocycles. The van der Waals surface area contributed by atoms with Crippen LogP contribution in [0.15, 0.2) is 12.2 Å². The fraction of sp³-hybridized carbons (Fsp3) is 0.818. The van der Waals surface area contributed by atoms with Crippen molar-refractivity contribution < 1.29 is 36.5 Å². The van der Waals surface area contributed by atoms with E-state index < -0.39 is 37.7 Å². The van der Waals surface area contributed by atoms with Gasteiger partial charge in [0.25, 0.3) is 5.92 Å². The van der Waals surface area contributed by atoms with Gasteiger partial charge in [0.05, 0.1) is 0 Å². The van der Waals surface area contributed by atoms with Crippen LogP contribution in [0.5, 0.6) is 0 Å². The first kappa shape index (κ1) is 18.3. The highest BCUT2D eigenvalue weighted by molar-refractivity contribution is 4.93. The predicted molar refractivity (Wildman–Crippen MR) is 57.8 cm³/mol. The minimum absolute atomic E-state index is 0.116. The molecule has 0 fully saturated rings. The van der Waals surface area contributed by atoms with Gasteiger partial charge in [0.15, 0.2) is 6.29 Å². The highest BCUT2D eigenvalue weighted by Crippen LogP contribution is 2.27. The Morgan fingerprint density at radius 3 is 2.11 bits per heavy atom. The molecule has 0 spiro atoms. The molecule has 3 nitrogen and oxygen atoms in total. The van der Waals surface area contributed by atoms with Gasteiger partial charge in [-0.1, -0.05) is 13.5 Å². The van der Waals surface area contributed by atoms with Gasteiger partial charge >= 0.3 is 6.18 Å². The second kappa shape index (κ2) is 7.16. The maximum absolute atomic E-state index is 13.5. The van der Waals surface area contributed by atoms with E-state index in [1.165, 1.54) is 13.8 Å². The van der Waals surface area contributed by atoms with Crippen molar-refractivity contribution >= 4 is 0 Å². The van der Waals surface area contributed by atoms with E-state index in [0.29, 0.717) is 0 Å². The Morgan fingerprint density at radius 2 is 1.74 bits per heavy atom.